The summed E-state index contributed by atoms with van der Waals surface area (Å²) in [6.07, 6.45) is 1.63. The number of halogens is 1. The van der Waals surface area contributed by atoms with Crippen LogP contribution in [-0.2, 0) is 9.84 Å². The number of sulfone groups is 1. The first-order chi connectivity index (χ1) is 7.38. The van der Waals surface area contributed by atoms with E-state index in [0.29, 0.717) is 29.5 Å². The monoisotopic (exact) mass is 263 g/mol. The summed E-state index contributed by atoms with van der Waals surface area (Å²) >= 11 is 5.77. The molecule has 0 aliphatic carbocycles. The van der Waals surface area contributed by atoms with Gasteiger partial charge in [-0.15, -0.1) is 0 Å². The van der Waals surface area contributed by atoms with Crippen LogP contribution in [0.4, 0.5) is 5.69 Å². The van der Waals surface area contributed by atoms with Crippen molar-refractivity contribution >= 4 is 27.1 Å². The zero-order valence-corrected chi connectivity index (χ0v) is 10.5. The zero-order valence-electron chi connectivity index (χ0n) is 8.94. The van der Waals surface area contributed by atoms with E-state index in [1.807, 2.05) is 0 Å². The number of rotatable bonds is 5. The number of nitrogen functional groups attached to an aromatic ring is 1. The van der Waals surface area contributed by atoms with Crippen molar-refractivity contribution in [2.75, 3.05) is 24.3 Å². The number of ether oxygens (including phenoxy) is 1. The molecule has 0 aromatic heterocycles. The van der Waals surface area contributed by atoms with Gasteiger partial charge in [0, 0.05) is 17.3 Å². The molecule has 4 nitrogen and oxygen atoms in total. The molecule has 0 aliphatic heterocycles. The van der Waals surface area contributed by atoms with E-state index in [-0.39, 0.29) is 5.75 Å². The maximum atomic E-state index is 10.9. The molecule has 0 bridgehead atoms. The molecule has 0 radical (unpaired) electrons. The average Bonchev–Trinajstić information content (AvgIpc) is 2.16. The second kappa shape index (κ2) is 5.41. The summed E-state index contributed by atoms with van der Waals surface area (Å²) in [7, 11) is -2.93. The molecule has 0 aliphatic rings. The molecule has 1 aromatic rings. The van der Waals surface area contributed by atoms with Crippen LogP contribution < -0.4 is 10.5 Å². The first-order valence-electron chi connectivity index (χ1n) is 4.74. The minimum Gasteiger partial charge on any atom is -0.491 e. The third kappa shape index (κ3) is 4.72. The Balaban J connectivity index is 2.46. The van der Waals surface area contributed by atoms with Crippen molar-refractivity contribution in [2.45, 2.75) is 6.42 Å². The van der Waals surface area contributed by atoms with Crippen LogP contribution in [0.1, 0.15) is 6.42 Å². The lowest BCUT2D eigenvalue weighted by molar-refractivity contribution is 0.319. The second-order valence-corrected chi connectivity index (χ2v) is 6.21. The Morgan fingerprint density at radius 2 is 2.12 bits per heavy atom. The van der Waals surface area contributed by atoms with Crippen LogP contribution in [0.25, 0.3) is 0 Å². The molecule has 0 saturated carbocycles. The van der Waals surface area contributed by atoms with E-state index in [4.69, 9.17) is 22.1 Å². The van der Waals surface area contributed by atoms with Crippen LogP contribution in [0.2, 0.25) is 5.02 Å². The molecule has 6 heteroatoms. The molecule has 0 unspecified atom stereocenters. The fourth-order valence-corrected chi connectivity index (χ4v) is 1.94. The van der Waals surface area contributed by atoms with Crippen LogP contribution in [0.3, 0.4) is 0 Å². The predicted molar refractivity (Wildman–Crippen MR) is 65.7 cm³/mol. The summed E-state index contributed by atoms with van der Waals surface area (Å²) in [5.41, 5.74) is 6.15. The first-order valence-corrected chi connectivity index (χ1v) is 7.18. The Kier molecular flexibility index (Phi) is 4.44. The maximum Gasteiger partial charge on any atom is 0.147 e. The largest absolute Gasteiger partial charge is 0.491 e. The molecule has 0 heterocycles. The van der Waals surface area contributed by atoms with Crippen molar-refractivity contribution in [3.63, 3.8) is 0 Å². The van der Waals surface area contributed by atoms with Crippen molar-refractivity contribution in [3.8, 4) is 5.75 Å². The Morgan fingerprint density at radius 3 is 2.75 bits per heavy atom. The minimum atomic E-state index is -2.93. The van der Waals surface area contributed by atoms with Gasteiger partial charge in [-0.1, -0.05) is 11.6 Å². The van der Waals surface area contributed by atoms with Crippen molar-refractivity contribution in [3.05, 3.63) is 23.2 Å². The highest BCUT2D eigenvalue weighted by Crippen LogP contribution is 2.25. The average molecular weight is 264 g/mol. The van der Waals surface area contributed by atoms with Gasteiger partial charge in [0.05, 0.1) is 18.0 Å². The van der Waals surface area contributed by atoms with E-state index < -0.39 is 9.84 Å². The van der Waals surface area contributed by atoms with E-state index >= 15 is 0 Å². The fourth-order valence-electron chi connectivity index (χ4n) is 1.14. The quantitative estimate of drug-likeness (QED) is 0.649. The fraction of sp³-hybridized carbons (Fsp3) is 0.400. The predicted octanol–water partition coefficient (Wildman–Crippen LogP) is 1.74. The van der Waals surface area contributed by atoms with E-state index in [1.165, 1.54) is 6.26 Å². The molecule has 16 heavy (non-hydrogen) atoms. The van der Waals surface area contributed by atoms with Gasteiger partial charge >= 0.3 is 0 Å². The number of hydrogen-bond acceptors (Lipinski definition) is 4. The van der Waals surface area contributed by atoms with Crippen LogP contribution in [-0.4, -0.2) is 27.0 Å². The first kappa shape index (κ1) is 13.1. The normalized spacial score (nSPS) is 11.4. The van der Waals surface area contributed by atoms with Gasteiger partial charge in [0.2, 0.25) is 0 Å². The lowest BCUT2D eigenvalue weighted by Gasteiger charge is -2.08. The number of benzene rings is 1. The summed E-state index contributed by atoms with van der Waals surface area (Å²) in [5, 5.41) is 0.535. The van der Waals surface area contributed by atoms with Crippen molar-refractivity contribution in [2.24, 2.45) is 0 Å². The molecule has 1 aromatic carbocycles. The Bertz CT molecular complexity index is 459. The highest BCUT2D eigenvalue weighted by Gasteiger charge is 2.04. The molecule has 90 valence electrons. The summed E-state index contributed by atoms with van der Waals surface area (Å²) in [5.74, 6) is 0.592. The minimum absolute atomic E-state index is 0.105. The second-order valence-electron chi connectivity index (χ2n) is 3.51. The van der Waals surface area contributed by atoms with Crippen LogP contribution in [0.15, 0.2) is 18.2 Å². The third-order valence-corrected chi connectivity index (χ3v) is 3.16. The SMILES string of the molecule is CS(=O)(=O)CCCOc1cc(Cl)ccc1N. The van der Waals surface area contributed by atoms with Crippen molar-refractivity contribution < 1.29 is 13.2 Å². The Morgan fingerprint density at radius 1 is 1.44 bits per heavy atom. The number of anilines is 1. The van der Waals surface area contributed by atoms with E-state index in [1.54, 1.807) is 18.2 Å². The van der Waals surface area contributed by atoms with Gasteiger partial charge in [0.15, 0.2) is 0 Å². The third-order valence-electron chi connectivity index (χ3n) is 1.89. The number of hydrogen-bond donors (Lipinski definition) is 1. The summed E-state index contributed by atoms with van der Waals surface area (Å²) in [6.45, 7) is 0.303. The summed E-state index contributed by atoms with van der Waals surface area (Å²) in [4.78, 5) is 0. The zero-order chi connectivity index (χ0) is 12.2. The van der Waals surface area contributed by atoms with Gasteiger partial charge in [-0.25, -0.2) is 8.42 Å². The highest BCUT2D eigenvalue weighted by molar-refractivity contribution is 7.90. The van der Waals surface area contributed by atoms with Gasteiger partial charge in [-0.2, -0.15) is 0 Å². The molecule has 1 rings (SSSR count). The van der Waals surface area contributed by atoms with E-state index in [0.717, 1.165) is 0 Å². The Labute approximate surface area is 100 Å². The van der Waals surface area contributed by atoms with Gasteiger partial charge in [-0.05, 0) is 18.6 Å². The highest BCUT2D eigenvalue weighted by atomic mass is 35.5. The lowest BCUT2D eigenvalue weighted by Crippen LogP contribution is -2.08. The van der Waals surface area contributed by atoms with Crippen LogP contribution in [0.5, 0.6) is 5.75 Å². The molecule has 0 fully saturated rings. The molecule has 0 spiro atoms. The summed E-state index contributed by atoms with van der Waals surface area (Å²) in [6, 6.07) is 4.92. The van der Waals surface area contributed by atoms with Gasteiger partial charge < -0.3 is 10.5 Å². The smallest absolute Gasteiger partial charge is 0.147 e. The molecule has 2 N–H and O–H groups in total. The van der Waals surface area contributed by atoms with Gasteiger partial charge in [0.25, 0.3) is 0 Å². The van der Waals surface area contributed by atoms with Crippen LogP contribution in [0, 0.1) is 0 Å². The van der Waals surface area contributed by atoms with E-state index in [9.17, 15) is 8.42 Å². The topological polar surface area (TPSA) is 69.4 Å². The number of nitrogens with two attached hydrogens (primary N) is 1. The van der Waals surface area contributed by atoms with Gasteiger partial charge in [-0.3, -0.25) is 0 Å². The molecule has 0 atom stereocenters. The molecular formula is C10H14ClNO3S. The maximum absolute atomic E-state index is 10.9. The van der Waals surface area contributed by atoms with Crippen molar-refractivity contribution in [1.82, 2.24) is 0 Å². The van der Waals surface area contributed by atoms with E-state index in [2.05, 4.69) is 0 Å². The summed E-state index contributed by atoms with van der Waals surface area (Å²) < 4.78 is 27.1. The molecule has 0 saturated heterocycles. The molecule has 0 amide bonds. The standard InChI is InChI=1S/C10H14ClNO3S/c1-16(13,14)6-2-5-15-10-7-8(11)3-4-9(10)12/h3-4,7H,2,5-6,12H2,1H3. The van der Waals surface area contributed by atoms with Gasteiger partial charge in [0.1, 0.15) is 15.6 Å². The molecular weight excluding hydrogens is 250 g/mol. The Hall–Kier alpha value is -0.940. The lowest BCUT2D eigenvalue weighted by atomic mass is 10.3. The van der Waals surface area contributed by atoms with Crippen LogP contribution >= 0.6 is 11.6 Å². The van der Waals surface area contributed by atoms with Crippen molar-refractivity contribution in [1.29, 1.82) is 0 Å².